The van der Waals surface area contributed by atoms with Gasteiger partial charge in [0.1, 0.15) is 5.82 Å². The minimum atomic E-state index is -0.269. The highest BCUT2D eigenvalue weighted by molar-refractivity contribution is 7.99. The van der Waals surface area contributed by atoms with Crippen molar-refractivity contribution in [3.05, 3.63) is 47.5 Å². The molecule has 2 aromatic rings. The molecule has 1 aromatic carbocycles. The van der Waals surface area contributed by atoms with Crippen molar-refractivity contribution in [1.29, 1.82) is 0 Å². The van der Waals surface area contributed by atoms with E-state index in [0.717, 1.165) is 28.2 Å². The molecule has 1 aliphatic heterocycles. The Labute approximate surface area is 138 Å². The van der Waals surface area contributed by atoms with Crippen LogP contribution in [0.3, 0.4) is 0 Å². The lowest BCUT2D eigenvalue weighted by atomic mass is 10.0. The van der Waals surface area contributed by atoms with Gasteiger partial charge in [-0.05, 0) is 30.2 Å². The van der Waals surface area contributed by atoms with Crippen LogP contribution in [0, 0.1) is 5.82 Å². The van der Waals surface area contributed by atoms with Gasteiger partial charge in [0.15, 0.2) is 0 Å². The van der Waals surface area contributed by atoms with E-state index in [9.17, 15) is 9.18 Å². The summed E-state index contributed by atoms with van der Waals surface area (Å²) in [6.45, 7) is 0.483. The van der Waals surface area contributed by atoms with Crippen molar-refractivity contribution in [2.24, 2.45) is 7.05 Å². The summed E-state index contributed by atoms with van der Waals surface area (Å²) in [6.07, 6.45) is 4.42. The van der Waals surface area contributed by atoms with E-state index in [1.165, 1.54) is 12.1 Å². The van der Waals surface area contributed by atoms with Crippen molar-refractivity contribution in [2.75, 3.05) is 12.8 Å². The van der Waals surface area contributed by atoms with Crippen LogP contribution < -0.4 is 5.32 Å². The number of halogens is 1. The number of fused-ring (bicyclic) bond motifs is 1. The highest BCUT2D eigenvalue weighted by atomic mass is 32.2. The lowest BCUT2D eigenvalue weighted by Crippen LogP contribution is -2.39. The van der Waals surface area contributed by atoms with Crippen molar-refractivity contribution >= 4 is 17.8 Å². The van der Waals surface area contributed by atoms with Gasteiger partial charge < -0.3 is 10.2 Å². The van der Waals surface area contributed by atoms with E-state index < -0.39 is 0 Å². The standard InChI is InChI=1S/C16H19FN4OS/c1-20(9-11-8-18-21(2)10-11)16(22)19-14-5-6-23-15-4-3-12(17)7-13(14)15/h3-4,7-8,10,14H,5-6,9H2,1-2H3,(H,19,22). The van der Waals surface area contributed by atoms with Gasteiger partial charge in [0.25, 0.3) is 0 Å². The number of carbonyl (C=O) groups is 1. The lowest BCUT2D eigenvalue weighted by Gasteiger charge is -2.28. The average molecular weight is 334 g/mol. The maximum atomic E-state index is 13.5. The molecule has 0 bridgehead atoms. The van der Waals surface area contributed by atoms with Gasteiger partial charge in [0, 0.05) is 36.5 Å². The largest absolute Gasteiger partial charge is 0.331 e. The fourth-order valence-corrected chi connectivity index (χ4v) is 3.78. The monoisotopic (exact) mass is 334 g/mol. The summed E-state index contributed by atoms with van der Waals surface area (Å²) in [4.78, 5) is 15.1. The molecule has 1 unspecified atom stereocenters. The molecule has 3 rings (SSSR count). The molecule has 2 amide bonds. The fraction of sp³-hybridized carbons (Fsp3) is 0.375. The first-order valence-corrected chi connectivity index (χ1v) is 8.43. The highest BCUT2D eigenvalue weighted by Gasteiger charge is 2.24. The average Bonchev–Trinajstić information content (AvgIpc) is 2.93. The smallest absolute Gasteiger partial charge is 0.317 e. The number of aromatic nitrogens is 2. The Kier molecular flexibility index (Phi) is 4.56. The Balaban J connectivity index is 1.67. The first-order valence-electron chi connectivity index (χ1n) is 7.44. The summed E-state index contributed by atoms with van der Waals surface area (Å²) in [5.41, 5.74) is 1.83. The number of nitrogens with one attached hydrogen (secondary N) is 1. The minimum Gasteiger partial charge on any atom is -0.331 e. The molecular formula is C16H19FN4OS. The number of benzene rings is 1. The van der Waals surface area contributed by atoms with Gasteiger partial charge in [0.2, 0.25) is 0 Å². The molecule has 0 fully saturated rings. The van der Waals surface area contributed by atoms with Crippen LogP contribution in [0.2, 0.25) is 0 Å². The van der Waals surface area contributed by atoms with E-state index in [2.05, 4.69) is 10.4 Å². The Morgan fingerprint density at radius 2 is 2.39 bits per heavy atom. The molecule has 23 heavy (non-hydrogen) atoms. The molecular weight excluding hydrogens is 315 g/mol. The second kappa shape index (κ2) is 6.62. The van der Waals surface area contributed by atoms with Crippen LogP contribution in [0.1, 0.15) is 23.6 Å². The third kappa shape index (κ3) is 3.67. The predicted octanol–water partition coefficient (Wildman–Crippen LogP) is 2.94. The number of rotatable bonds is 3. The molecule has 122 valence electrons. The molecule has 1 atom stereocenters. The van der Waals surface area contributed by atoms with E-state index in [4.69, 9.17) is 0 Å². The van der Waals surface area contributed by atoms with E-state index in [1.807, 2.05) is 13.2 Å². The third-order valence-electron chi connectivity index (χ3n) is 3.83. The minimum absolute atomic E-state index is 0.147. The molecule has 1 N–H and O–H groups in total. The molecule has 7 heteroatoms. The topological polar surface area (TPSA) is 50.2 Å². The highest BCUT2D eigenvalue weighted by Crippen LogP contribution is 2.36. The van der Waals surface area contributed by atoms with Gasteiger partial charge in [-0.25, -0.2) is 9.18 Å². The molecule has 5 nitrogen and oxygen atoms in total. The van der Waals surface area contributed by atoms with E-state index >= 15 is 0 Å². The van der Waals surface area contributed by atoms with Crippen molar-refractivity contribution in [3.8, 4) is 0 Å². The summed E-state index contributed by atoms with van der Waals surface area (Å²) in [5.74, 6) is 0.643. The number of hydrogen-bond donors (Lipinski definition) is 1. The second-order valence-corrected chi connectivity index (χ2v) is 6.84. The van der Waals surface area contributed by atoms with Gasteiger partial charge >= 0.3 is 6.03 Å². The SMILES string of the molecule is CN(Cc1cnn(C)c1)C(=O)NC1CCSc2ccc(F)cc21. The van der Waals surface area contributed by atoms with Crippen LogP contribution in [0.25, 0.3) is 0 Å². The number of thioether (sulfide) groups is 1. The Hall–Kier alpha value is -2.02. The molecule has 2 heterocycles. The summed E-state index contributed by atoms with van der Waals surface area (Å²) < 4.78 is 15.2. The summed E-state index contributed by atoms with van der Waals surface area (Å²) in [5, 5.41) is 7.11. The quantitative estimate of drug-likeness (QED) is 0.939. The van der Waals surface area contributed by atoms with E-state index in [-0.39, 0.29) is 17.9 Å². The summed E-state index contributed by atoms with van der Waals surface area (Å²) >= 11 is 1.70. The number of amides is 2. The van der Waals surface area contributed by atoms with Gasteiger partial charge in [-0.3, -0.25) is 4.68 Å². The van der Waals surface area contributed by atoms with Gasteiger partial charge in [-0.15, -0.1) is 11.8 Å². The van der Waals surface area contributed by atoms with Crippen LogP contribution in [-0.2, 0) is 13.6 Å². The maximum Gasteiger partial charge on any atom is 0.317 e. The predicted molar refractivity (Wildman–Crippen MR) is 87.7 cm³/mol. The number of aryl methyl sites for hydroxylation is 1. The first-order chi connectivity index (χ1) is 11.0. The Morgan fingerprint density at radius 1 is 1.57 bits per heavy atom. The van der Waals surface area contributed by atoms with Crippen molar-refractivity contribution in [1.82, 2.24) is 20.0 Å². The van der Waals surface area contributed by atoms with Crippen LogP contribution in [-0.4, -0.2) is 33.5 Å². The number of urea groups is 1. The molecule has 0 saturated carbocycles. The molecule has 0 saturated heterocycles. The second-order valence-electron chi connectivity index (χ2n) is 5.70. The molecule has 1 aliphatic rings. The maximum absolute atomic E-state index is 13.5. The lowest BCUT2D eigenvalue weighted by molar-refractivity contribution is 0.202. The number of hydrogen-bond acceptors (Lipinski definition) is 3. The van der Waals surface area contributed by atoms with Crippen LogP contribution in [0.5, 0.6) is 0 Å². The van der Waals surface area contributed by atoms with Crippen molar-refractivity contribution < 1.29 is 9.18 Å². The normalized spacial score (nSPS) is 16.7. The van der Waals surface area contributed by atoms with Crippen LogP contribution in [0.15, 0.2) is 35.5 Å². The van der Waals surface area contributed by atoms with E-state index in [0.29, 0.717) is 6.54 Å². The van der Waals surface area contributed by atoms with Gasteiger partial charge in [0.05, 0.1) is 18.8 Å². The third-order valence-corrected chi connectivity index (χ3v) is 4.96. The summed E-state index contributed by atoms with van der Waals surface area (Å²) in [6, 6.07) is 4.46. The van der Waals surface area contributed by atoms with E-state index in [1.54, 1.807) is 40.7 Å². The Bertz CT molecular complexity index is 718. The first kappa shape index (κ1) is 15.9. The molecule has 0 radical (unpaired) electrons. The molecule has 0 aliphatic carbocycles. The molecule has 0 spiro atoms. The van der Waals surface area contributed by atoms with Gasteiger partial charge in [-0.1, -0.05) is 0 Å². The van der Waals surface area contributed by atoms with Crippen molar-refractivity contribution in [2.45, 2.75) is 23.9 Å². The molecule has 1 aromatic heterocycles. The fourth-order valence-electron chi connectivity index (χ4n) is 2.67. The van der Waals surface area contributed by atoms with Crippen molar-refractivity contribution in [3.63, 3.8) is 0 Å². The van der Waals surface area contributed by atoms with Crippen LogP contribution >= 0.6 is 11.8 Å². The number of carbonyl (C=O) groups excluding carboxylic acids is 1. The number of nitrogens with zero attached hydrogens (tertiary/aromatic N) is 3. The summed E-state index contributed by atoms with van der Waals surface area (Å²) in [7, 11) is 3.58. The Morgan fingerprint density at radius 3 is 3.13 bits per heavy atom. The van der Waals surface area contributed by atoms with Crippen LogP contribution in [0.4, 0.5) is 9.18 Å². The zero-order valence-electron chi connectivity index (χ0n) is 13.1. The van der Waals surface area contributed by atoms with Gasteiger partial charge in [-0.2, -0.15) is 5.10 Å². The zero-order chi connectivity index (χ0) is 16.4. The zero-order valence-corrected chi connectivity index (χ0v) is 13.9.